The van der Waals surface area contributed by atoms with Crippen LogP contribution in [0.1, 0.15) is 6.42 Å². The monoisotopic (exact) mass is 310 g/mol. The van der Waals surface area contributed by atoms with E-state index in [1.54, 1.807) is 48.7 Å². The zero-order valence-electron chi connectivity index (χ0n) is 12.2. The fourth-order valence-corrected chi connectivity index (χ4v) is 2.32. The molecule has 7 nitrogen and oxygen atoms in total. The molecule has 0 saturated heterocycles. The highest BCUT2D eigenvalue weighted by Gasteiger charge is 2.09. The number of nitrogens with one attached hydrogen (secondary N) is 2. The van der Waals surface area contributed by atoms with Crippen LogP contribution in [0.15, 0.2) is 58.3 Å². The van der Waals surface area contributed by atoms with E-state index < -0.39 is 11.2 Å². The highest BCUT2D eigenvalue weighted by atomic mass is 16.2. The van der Waals surface area contributed by atoms with Crippen LogP contribution in [0.4, 0.5) is 5.82 Å². The van der Waals surface area contributed by atoms with E-state index in [0.717, 1.165) is 0 Å². The number of aromatic nitrogens is 3. The first kappa shape index (κ1) is 14.7. The summed E-state index contributed by atoms with van der Waals surface area (Å²) in [4.78, 5) is 42.0. The van der Waals surface area contributed by atoms with Crippen LogP contribution in [0.5, 0.6) is 0 Å². The number of rotatable bonds is 4. The summed E-state index contributed by atoms with van der Waals surface area (Å²) in [7, 11) is 0. The van der Waals surface area contributed by atoms with Crippen molar-refractivity contribution in [3.05, 3.63) is 69.5 Å². The average Bonchev–Trinajstić information content (AvgIpc) is 2.55. The molecule has 3 aromatic rings. The Morgan fingerprint density at radius 3 is 2.70 bits per heavy atom. The zero-order chi connectivity index (χ0) is 16.2. The molecule has 2 aromatic heterocycles. The molecule has 0 saturated carbocycles. The molecule has 3 rings (SSSR count). The molecule has 0 radical (unpaired) electrons. The average molecular weight is 310 g/mol. The fraction of sp³-hybridized carbons (Fsp3) is 0.125. The Hall–Kier alpha value is -3.22. The van der Waals surface area contributed by atoms with Crippen molar-refractivity contribution in [2.24, 2.45) is 0 Å². The van der Waals surface area contributed by atoms with E-state index in [1.165, 1.54) is 4.57 Å². The summed E-state index contributed by atoms with van der Waals surface area (Å²) in [6.07, 6.45) is 1.67. The molecule has 0 fully saturated rings. The van der Waals surface area contributed by atoms with E-state index >= 15 is 0 Å². The molecule has 0 aliphatic heterocycles. The first-order valence-corrected chi connectivity index (χ1v) is 7.08. The van der Waals surface area contributed by atoms with E-state index in [9.17, 15) is 14.4 Å². The van der Waals surface area contributed by atoms with Gasteiger partial charge in [-0.05, 0) is 24.3 Å². The molecular formula is C16H14N4O3. The van der Waals surface area contributed by atoms with E-state index in [4.69, 9.17) is 0 Å². The number of anilines is 1. The van der Waals surface area contributed by atoms with E-state index in [0.29, 0.717) is 16.7 Å². The standard InChI is InChI=1S/C16H14N4O3/c21-14(18-13-7-3-4-9-17-13)8-10-20-12-6-2-1-5-11(12)15(22)19-16(20)23/h1-7,9H,8,10H2,(H,17,18,21)(H,19,22,23). The first-order chi connectivity index (χ1) is 11.1. The highest BCUT2D eigenvalue weighted by Crippen LogP contribution is 2.07. The molecule has 1 amide bonds. The maximum absolute atomic E-state index is 12.0. The van der Waals surface area contributed by atoms with Crippen LogP contribution < -0.4 is 16.6 Å². The number of amides is 1. The minimum Gasteiger partial charge on any atom is -0.311 e. The van der Waals surface area contributed by atoms with Crippen molar-refractivity contribution in [2.45, 2.75) is 13.0 Å². The third kappa shape index (κ3) is 3.18. The molecule has 116 valence electrons. The van der Waals surface area contributed by atoms with Crippen LogP contribution in [0.2, 0.25) is 0 Å². The number of hydrogen-bond acceptors (Lipinski definition) is 4. The molecule has 1 aromatic carbocycles. The third-order valence-electron chi connectivity index (χ3n) is 3.40. The van der Waals surface area contributed by atoms with E-state index in [-0.39, 0.29) is 18.9 Å². The minimum atomic E-state index is -0.528. The van der Waals surface area contributed by atoms with Gasteiger partial charge in [0, 0.05) is 19.2 Å². The number of pyridine rings is 1. The minimum absolute atomic E-state index is 0.0898. The lowest BCUT2D eigenvalue weighted by atomic mass is 10.2. The predicted octanol–water partition coefficient (Wildman–Crippen LogP) is 1.11. The number of aryl methyl sites for hydroxylation is 1. The van der Waals surface area contributed by atoms with Crippen molar-refractivity contribution in [1.82, 2.24) is 14.5 Å². The molecule has 2 heterocycles. The molecule has 0 aliphatic rings. The van der Waals surface area contributed by atoms with Gasteiger partial charge in [0.25, 0.3) is 5.56 Å². The summed E-state index contributed by atoms with van der Waals surface area (Å²) in [6.45, 7) is 0.162. The van der Waals surface area contributed by atoms with Crippen LogP contribution in [0.25, 0.3) is 10.9 Å². The number of fused-ring (bicyclic) bond motifs is 1. The SMILES string of the molecule is O=C(CCn1c(=O)[nH]c(=O)c2ccccc21)Nc1ccccn1. The first-order valence-electron chi connectivity index (χ1n) is 7.08. The normalized spacial score (nSPS) is 10.6. The van der Waals surface area contributed by atoms with Crippen LogP contribution in [0, 0.1) is 0 Å². The van der Waals surface area contributed by atoms with E-state index in [2.05, 4.69) is 15.3 Å². The number of carbonyl (C=O) groups excluding carboxylic acids is 1. The molecule has 0 bridgehead atoms. The number of nitrogens with zero attached hydrogens (tertiary/aromatic N) is 2. The number of para-hydroxylation sites is 1. The van der Waals surface area contributed by atoms with Crippen molar-refractivity contribution < 1.29 is 4.79 Å². The van der Waals surface area contributed by atoms with Crippen LogP contribution >= 0.6 is 0 Å². The van der Waals surface area contributed by atoms with Gasteiger partial charge in [0.15, 0.2) is 0 Å². The molecule has 0 unspecified atom stereocenters. The van der Waals surface area contributed by atoms with Crippen LogP contribution in [-0.2, 0) is 11.3 Å². The highest BCUT2D eigenvalue weighted by molar-refractivity contribution is 5.89. The van der Waals surface area contributed by atoms with Crippen molar-refractivity contribution in [3.63, 3.8) is 0 Å². The zero-order valence-corrected chi connectivity index (χ0v) is 12.2. The lowest BCUT2D eigenvalue weighted by Gasteiger charge is -2.09. The van der Waals surface area contributed by atoms with Gasteiger partial charge in [0.05, 0.1) is 10.9 Å². The lowest BCUT2D eigenvalue weighted by molar-refractivity contribution is -0.116. The third-order valence-corrected chi connectivity index (χ3v) is 3.40. The molecular weight excluding hydrogens is 296 g/mol. The van der Waals surface area contributed by atoms with Gasteiger partial charge in [-0.3, -0.25) is 19.1 Å². The summed E-state index contributed by atoms with van der Waals surface area (Å²) in [5.41, 5.74) is -0.453. The van der Waals surface area contributed by atoms with Crippen molar-refractivity contribution in [2.75, 3.05) is 5.32 Å². The van der Waals surface area contributed by atoms with Gasteiger partial charge in [-0.15, -0.1) is 0 Å². The van der Waals surface area contributed by atoms with Gasteiger partial charge in [0.1, 0.15) is 5.82 Å². The van der Waals surface area contributed by atoms with Crippen molar-refractivity contribution >= 4 is 22.6 Å². The van der Waals surface area contributed by atoms with E-state index in [1.807, 2.05) is 0 Å². The maximum Gasteiger partial charge on any atom is 0.328 e. The quantitative estimate of drug-likeness (QED) is 0.754. The van der Waals surface area contributed by atoms with Gasteiger partial charge in [-0.25, -0.2) is 9.78 Å². The Bertz CT molecular complexity index is 960. The molecule has 2 N–H and O–H groups in total. The maximum atomic E-state index is 12.0. The van der Waals surface area contributed by atoms with Gasteiger partial charge in [0.2, 0.25) is 5.91 Å². The Morgan fingerprint density at radius 2 is 1.91 bits per heavy atom. The van der Waals surface area contributed by atoms with Gasteiger partial charge in [-0.2, -0.15) is 0 Å². The Labute approximate surface area is 130 Å². The lowest BCUT2D eigenvalue weighted by Crippen LogP contribution is -2.31. The summed E-state index contributed by atoms with van der Waals surface area (Å²) in [5.74, 6) is 0.196. The molecule has 7 heteroatoms. The predicted molar refractivity (Wildman–Crippen MR) is 86.3 cm³/mol. The second-order valence-corrected chi connectivity index (χ2v) is 4.94. The second kappa shape index (κ2) is 6.27. The van der Waals surface area contributed by atoms with Crippen molar-refractivity contribution in [3.8, 4) is 0 Å². The number of hydrogen-bond donors (Lipinski definition) is 2. The van der Waals surface area contributed by atoms with Gasteiger partial charge < -0.3 is 5.32 Å². The Morgan fingerprint density at radius 1 is 1.13 bits per heavy atom. The summed E-state index contributed by atoms with van der Waals surface area (Å²) in [5, 5.41) is 3.07. The molecule has 23 heavy (non-hydrogen) atoms. The summed E-state index contributed by atoms with van der Waals surface area (Å²) >= 11 is 0. The number of H-pyrrole nitrogens is 1. The molecule has 0 aliphatic carbocycles. The smallest absolute Gasteiger partial charge is 0.311 e. The summed E-state index contributed by atoms with van der Waals surface area (Å²) in [6, 6.07) is 12.0. The second-order valence-electron chi connectivity index (χ2n) is 4.94. The number of aromatic amines is 1. The molecule has 0 atom stereocenters. The summed E-state index contributed by atoms with van der Waals surface area (Å²) < 4.78 is 1.38. The topological polar surface area (TPSA) is 96.9 Å². The van der Waals surface area contributed by atoms with Crippen LogP contribution in [-0.4, -0.2) is 20.4 Å². The Kier molecular flexibility index (Phi) is 4.01. The largest absolute Gasteiger partial charge is 0.328 e. The van der Waals surface area contributed by atoms with Crippen molar-refractivity contribution in [1.29, 1.82) is 0 Å². The number of benzene rings is 1. The fourth-order valence-electron chi connectivity index (χ4n) is 2.32. The van der Waals surface area contributed by atoms with Gasteiger partial charge in [-0.1, -0.05) is 18.2 Å². The van der Waals surface area contributed by atoms with Gasteiger partial charge >= 0.3 is 5.69 Å². The van der Waals surface area contributed by atoms with Crippen LogP contribution in [0.3, 0.4) is 0 Å². The number of carbonyl (C=O) groups is 1. The molecule has 0 spiro atoms. The Balaban J connectivity index is 1.81.